The number of nitrogens with zero attached hydrogens (tertiary/aromatic N) is 1. The second-order valence-corrected chi connectivity index (χ2v) is 9.82. The maximum Gasteiger partial charge on any atom is 0.325 e. The van der Waals surface area contributed by atoms with Gasteiger partial charge in [0.2, 0.25) is 11.8 Å². The lowest BCUT2D eigenvalue weighted by Gasteiger charge is -2.40. The molecule has 1 aromatic rings. The van der Waals surface area contributed by atoms with Crippen LogP contribution >= 0.6 is 0 Å². The summed E-state index contributed by atoms with van der Waals surface area (Å²) in [6.45, 7) is 9.46. The minimum Gasteiger partial charge on any atom is -0.325 e. The molecule has 0 bridgehead atoms. The molecule has 1 spiro atoms. The number of aryl methyl sites for hydroxylation is 1. The van der Waals surface area contributed by atoms with Crippen LogP contribution in [0.1, 0.15) is 58.9 Å². The van der Waals surface area contributed by atoms with Crippen molar-refractivity contribution in [2.24, 2.45) is 11.3 Å². The first-order valence-electron chi connectivity index (χ1n) is 10.7. The number of rotatable bonds is 4. The van der Waals surface area contributed by atoms with E-state index in [2.05, 4.69) is 36.7 Å². The van der Waals surface area contributed by atoms with Gasteiger partial charge in [0.05, 0.1) is 11.4 Å². The number of hydrogen-bond donors (Lipinski definition) is 3. The van der Waals surface area contributed by atoms with Crippen molar-refractivity contribution in [3.63, 3.8) is 0 Å². The van der Waals surface area contributed by atoms with E-state index in [1.165, 1.54) is 6.92 Å². The monoisotopic (exact) mass is 428 g/mol. The fourth-order valence-corrected chi connectivity index (χ4v) is 4.53. The first kappa shape index (κ1) is 22.8. The van der Waals surface area contributed by atoms with Crippen LogP contribution in [-0.4, -0.2) is 40.7 Å². The average molecular weight is 429 g/mol. The second-order valence-electron chi connectivity index (χ2n) is 9.82. The molecular formula is C23H32N4O4. The summed E-state index contributed by atoms with van der Waals surface area (Å²) in [6.07, 6.45) is 2.89. The van der Waals surface area contributed by atoms with E-state index in [9.17, 15) is 19.2 Å². The molecule has 3 N–H and O–H groups in total. The van der Waals surface area contributed by atoms with Gasteiger partial charge in [-0.15, -0.1) is 0 Å². The van der Waals surface area contributed by atoms with Crippen LogP contribution in [0.4, 0.5) is 16.2 Å². The minimum atomic E-state index is -0.899. The Labute approximate surface area is 183 Å². The molecule has 0 radical (unpaired) electrons. The van der Waals surface area contributed by atoms with Crippen molar-refractivity contribution in [3.8, 4) is 0 Å². The topological polar surface area (TPSA) is 108 Å². The molecule has 31 heavy (non-hydrogen) atoms. The van der Waals surface area contributed by atoms with Crippen LogP contribution in [0, 0.1) is 18.3 Å². The number of carbonyl (C=O) groups excluding carboxylic acids is 4. The number of imide groups is 1. The lowest BCUT2D eigenvalue weighted by atomic mass is 9.67. The summed E-state index contributed by atoms with van der Waals surface area (Å²) in [5.41, 5.74) is 1.04. The third-order valence-corrected chi connectivity index (χ3v) is 6.37. The Morgan fingerprint density at radius 1 is 1.13 bits per heavy atom. The molecular weight excluding hydrogens is 396 g/mol. The van der Waals surface area contributed by atoms with E-state index in [-0.39, 0.29) is 23.8 Å². The van der Waals surface area contributed by atoms with Gasteiger partial charge in [-0.1, -0.05) is 26.8 Å². The van der Waals surface area contributed by atoms with Gasteiger partial charge >= 0.3 is 6.03 Å². The number of anilines is 2. The molecule has 1 aliphatic heterocycles. The molecule has 8 nitrogen and oxygen atoms in total. The van der Waals surface area contributed by atoms with Gasteiger partial charge in [0, 0.05) is 6.92 Å². The largest absolute Gasteiger partial charge is 0.325 e. The molecule has 5 amide bonds. The Bertz CT molecular complexity index is 911. The van der Waals surface area contributed by atoms with Crippen LogP contribution in [0.5, 0.6) is 0 Å². The van der Waals surface area contributed by atoms with E-state index in [1.807, 2.05) is 13.0 Å². The number of benzene rings is 1. The van der Waals surface area contributed by atoms with Crippen molar-refractivity contribution in [1.82, 2.24) is 10.2 Å². The smallest absolute Gasteiger partial charge is 0.325 e. The molecule has 8 heteroatoms. The maximum absolute atomic E-state index is 13.1. The second kappa shape index (κ2) is 8.32. The summed E-state index contributed by atoms with van der Waals surface area (Å²) < 4.78 is 0. The van der Waals surface area contributed by atoms with Crippen LogP contribution < -0.4 is 16.0 Å². The summed E-state index contributed by atoms with van der Waals surface area (Å²) >= 11 is 0. The van der Waals surface area contributed by atoms with Gasteiger partial charge in [-0.3, -0.25) is 19.3 Å². The fourth-order valence-electron chi connectivity index (χ4n) is 4.53. The normalized spacial score (nSPS) is 23.6. The van der Waals surface area contributed by atoms with Crippen LogP contribution in [0.3, 0.4) is 0 Å². The van der Waals surface area contributed by atoms with Crippen LogP contribution in [0.15, 0.2) is 18.2 Å². The number of amides is 5. The van der Waals surface area contributed by atoms with E-state index in [1.54, 1.807) is 12.1 Å². The molecule has 168 valence electrons. The van der Waals surface area contributed by atoms with E-state index in [0.717, 1.165) is 23.3 Å². The quantitative estimate of drug-likeness (QED) is 0.639. The third kappa shape index (κ3) is 4.89. The zero-order valence-corrected chi connectivity index (χ0v) is 18.9. The Balaban J connectivity index is 1.68. The van der Waals surface area contributed by atoms with Gasteiger partial charge in [0.1, 0.15) is 12.1 Å². The van der Waals surface area contributed by atoms with Crippen molar-refractivity contribution < 1.29 is 19.2 Å². The van der Waals surface area contributed by atoms with E-state index >= 15 is 0 Å². The first-order chi connectivity index (χ1) is 14.4. The van der Waals surface area contributed by atoms with Crippen molar-refractivity contribution >= 4 is 35.1 Å². The highest BCUT2D eigenvalue weighted by molar-refractivity contribution is 6.10. The molecule has 1 saturated carbocycles. The van der Waals surface area contributed by atoms with Gasteiger partial charge in [-0.05, 0) is 61.6 Å². The molecule has 1 heterocycles. The van der Waals surface area contributed by atoms with E-state index < -0.39 is 17.5 Å². The first-order valence-corrected chi connectivity index (χ1v) is 10.7. The number of carbonyl (C=O) groups is 4. The Morgan fingerprint density at radius 2 is 1.77 bits per heavy atom. The standard InChI is InChI=1S/C23H32N4O4/c1-14-6-7-17(24-15(2)28)18(12-14)25-19(29)13-27-20(30)23(26-21(27)31)10-8-16(9-11-23)22(3,4)5/h6-7,12,16H,8-11,13H2,1-5H3,(H,24,28)(H,25,29)(H,26,31). The zero-order valence-electron chi connectivity index (χ0n) is 18.9. The SMILES string of the molecule is CC(=O)Nc1ccc(C)cc1NC(=O)CN1C(=O)NC2(CCC(C(C)(C)C)CC2)C1=O. The summed E-state index contributed by atoms with van der Waals surface area (Å²) in [5, 5.41) is 8.24. The van der Waals surface area contributed by atoms with Crippen molar-refractivity contribution in [2.75, 3.05) is 17.2 Å². The minimum absolute atomic E-state index is 0.159. The van der Waals surface area contributed by atoms with Crippen LogP contribution in [0.25, 0.3) is 0 Å². The van der Waals surface area contributed by atoms with Gasteiger partial charge < -0.3 is 16.0 Å². The molecule has 1 aliphatic carbocycles. The molecule has 0 atom stereocenters. The predicted octanol–water partition coefficient (Wildman–Crippen LogP) is 3.42. The highest BCUT2D eigenvalue weighted by Gasteiger charge is 2.53. The summed E-state index contributed by atoms with van der Waals surface area (Å²) in [5.74, 6) is -0.595. The van der Waals surface area contributed by atoms with Gasteiger partial charge in [-0.2, -0.15) is 0 Å². The zero-order chi connectivity index (χ0) is 23.0. The van der Waals surface area contributed by atoms with E-state index in [0.29, 0.717) is 30.1 Å². The molecule has 0 aromatic heterocycles. The van der Waals surface area contributed by atoms with Gasteiger partial charge in [0.25, 0.3) is 5.91 Å². The fraction of sp³-hybridized carbons (Fsp3) is 0.565. The number of hydrogen-bond acceptors (Lipinski definition) is 4. The predicted molar refractivity (Wildman–Crippen MR) is 119 cm³/mol. The third-order valence-electron chi connectivity index (χ3n) is 6.37. The molecule has 2 fully saturated rings. The Hall–Kier alpha value is -2.90. The highest BCUT2D eigenvalue weighted by Crippen LogP contribution is 2.43. The van der Waals surface area contributed by atoms with Crippen molar-refractivity contribution in [2.45, 2.75) is 65.8 Å². The molecule has 2 aliphatic rings. The number of nitrogens with one attached hydrogen (secondary N) is 3. The maximum atomic E-state index is 13.1. The summed E-state index contributed by atoms with van der Waals surface area (Å²) in [7, 11) is 0. The molecule has 0 unspecified atom stereocenters. The van der Waals surface area contributed by atoms with Gasteiger partial charge in [0.15, 0.2) is 0 Å². The lowest BCUT2D eigenvalue weighted by molar-refractivity contribution is -0.135. The van der Waals surface area contributed by atoms with E-state index in [4.69, 9.17) is 0 Å². The average Bonchev–Trinajstić information content (AvgIpc) is 2.87. The van der Waals surface area contributed by atoms with Crippen LogP contribution in [-0.2, 0) is 14.4 Å². The van der Waals surface area contributed by atoms with Crippen LogP contribution in [0.2, 0.25) is 0 Å². The summed E-state index contributed by atoms with van der Waals surface area (Å²) in [6, 6.07) is 4.71. The lowest BCUT2D eigenvalue weighted by Crippen LogP contribution is -2.51. The highest BCUT2D eigenvalue weighted by atomic mass is 16.2. The summed E-state index contributed by atoms with van der Waals surface area (Å²) in [4.78, 5) is 50.8. The number of urea groups is 1. The molecule has 1 aromatic carbocycles. The van der Waals surface area contributed by atoms with Crippen molar-refractivity contribution in [1.29, 1.82) is 0 Å². The Kier molecular flexibility index (Phi) is 6.11. The van der Waals surface area contributed by atoms with Crippen molar-refractivity contribution in [3.05, 3.63) is 23.8 Å². The Morgan fingerprint density at radius 3 is 2.35 bits per heavy atom. The van der Waals surface area contributed by atoms with Gasteiger partial charge in [-0.25, -0.2) is 4.79 Å². The molecule has 3 rings (SSSR count). The molecule has 1 saturated heterocycles.